The zero-order valence-electron chi connectivity index (χ0n) is 16.2. The number of carbonyl (C=O) groups is 3. The molecule has 1 aromatic carbocycles. The van der Waals surface area contributed by atoms with E-state index in [2.05, 4.69) is 15.6 Å². The van der Waals surface area contributed by atoms with E-state index >= 15 is 0 Å². The van der Waals surface area contributed by atoms with Crippen LogP contribution in [0.2, 0.25) is 5.02 Å². The summed E-state index contributed by atoms with van der Waals surface area (Å²) >= 11 is 5.92. The molecule has 1 rings (SSSR count). The maximum absolute atomic E-state index is 12.6. The third kappa shape index (κ3) is 8.85. The Labute approximate surface area is 170 Å². The summed E-state index contributed by atoms with van der Waals surface area (Å²) in [5.41, 5.74) is 10.9. The molecule has 0 bridgehead atoms. The van der Waals surface area contributed by atoms with Gasteiger partial charge in [0.1, 0.15) is 12.3 Å². The van der Waals surface area contributed by atoms with Gasteiger partial charge >= 0.3 is 0 Å². The van der Waals surface area contributed by atoms with Crippen molar-refractivity contribution >= 4 is 35.7 Å². The number of hydrogen-bond donors (Lipinski definition) is 4. The topological polar surface area (TPSA) is 140 Å². The van der Waals surface area contributed by atoms with Crippen molar-refractivity contribution < 1.29 is 14.4 Å². The summed E-state index contributed by atoms with van der Waals surface area (Å²) in [5.74, 6) is -0.680. The predicted molar refractivity (Wildman–Crippen MR) is 110 cm³/mol. The van der Waals surface area contributed by atoms with Crippen LogP contribution < -0.4 is 22.1 Å². The van der Waals surface area contributed by atoms with Crippen LogP contribution in [0.4, 0.5) is 0 Å². The molecule has 0 aliphatic carbocycles. The fourth-order valence-electron chi connectivity index (χ4n) is 2.55. The molecule has 0 aromatic heterocycles. The van der Waals surface area contributed by atoms with E-state index in [4.69, 9.17) is 23.1 Å². The smallest absolute Gasteiger partial charge is 0.251 e. The first-order valence-corrected chi connectivity index (χ1v) is 9.48. The lowest BCUT2D eigenvalue weighted by atomic mass is 10.0. The number of rotatable bonds is 11. The minimum absolute atomic E-state index is 0.0209. The molecule has 0 aliphatic rings. The maximum Gasteiger partial charge on any atom is 0.251 e. The van der Waals surface area contributed by atoms with Gasteiger partial charge < -0.3 is 26.9 Å². The van der Waals surface area contributed by atoms with Crippen LogP contribution in [0.3, 0.4) is 0 Å². The van der Waals surface area contributed by atoms with Gasteiger partial charge in [0.05, 0.1) is 6.04 Å². The van der Waals surface area contributed by atoms with Crippen molar-refractivity contribution in [1.29, 1.82) is 0 Å². The SMILES string of the molecule is CC(C)C[C@H](NC(=O)c1cccc(Cl)c1)C(=O)N[C@H](C=O)CCCN=C(N)N. The molecule has 0 fully saturated rings. The van der Waals surface area contributed by atoms with Crippen molar-refractivity contribution in [3.63, 3.8) is 0 Å². The summed E-state index contributed by atoms with van der Waals surface area (Å²) in [6.45, 7) is 4.25. The number of amides is 2. The predicted octanol–water partition coefficient (Wildman–Crippen LogP) is 1.22. The molecule has 9 heteroatoms. The van der Waals surface area contributed by atoms with Gasteiger partial charge in [-0.2, -0.15) is 0 Å². The molecular weight excluding hydrogens is 382 g/mol. The second-order valence-corrected chi connectivity index (χ2v) is 7.30. The third-order valence-electron chi connectivity index (χ3n) is 3.88. The van der Waals surface area contributed by atoms with Crippen LogP contribution in [0, 0.1) is 5.92 Å². The van der Waals surface area contributed by atoms with Crippen LogP contribution in [0.15, 0.2) is 29.3 Å². The number of aldehydes is 1. The molecule has 0 aliphatic heterocycles. The lowest BCUT2D eigenvalue weighted by molar-refractivity contribution is -0.126. The number of nitrogens with two attached hydrogens (primary N) is 2. The fraction of sp³-hybridized carbons (Fsp3) is 0.474. The van der Waals surface area contributed by atoms with Crippen LogP contribution in [0.1, 0.15) is 43.5 Å². The molecule has 2 amide bonds. The highest BCUT2D eigenvalue weighted by molar-refractivity contribution is 6.31. The van der Waals surface area contributed by atoms with Crippen molar-refractivity contribution in [3.05, 3.63) is 34.9 Å². The Morgan fingerprint density at radius 1 is 1.25 bits per heavy atom. The number of aliphatic imine (C=N–C) groups is 1. The van der Waals surface area contributed by atoms with E-state index < -0.39 is 23.9 Å². The fourth-order valence-corrected chi connectivity index (χ4v) is 2.74. The molecule has 0 saturated heterocycles. The third-order valence-corrected chi connectivity index (χ3v) is 4.11. The maximum atomic E-state index is 12.6. The molecule has 6 N–H and O–H groups in total. The Morgan fingerprint density at radius 2 is 1.96 bits per heavy atom. The number of nitrogens with zero attached hydrogens (tertiary/aromatic N) is 1. The average molecular weight is 410 g/mol. The van der Waals surface area contributed by atoms with E-state index in [1.807, 2.05) is 13.8 Å². The molecule has 8 nitrogen and oxygen atoms in total. The molecule has 0 spiro atoms. The molecule has 154 valence electrons. The number of halogens is 1. The monoisotopic (exact) mass is 409 g/mol. The molecule has 1 aromatic rings. The summed E-state index contributed by atoms with van der Waals surface area (Å²) in [7, 11) is 0. The van der Waals surface area contributed by atoms with Gasteiger partial charge in [0.2, 0.25) is 5.91 Å². The Morgan fingerprint density at radius 3 is 2.54 bits per heavy atom. The first-order valence-electron chi connectivity index (χ1n) is 9.10. The van der Waals surface area contributed by atoms with E-state index in [1.165, 1.54) is 6.07 Å². The number of guanidine groups is 1. The lowest BCUT2D eigenvalue weighted by Gasteiger charge is -2.22. The van der Waals surface area contributed by atoms with Crippen molar-refractivity contribution in [2.24, 2.45) is 22.4 Å². The van der Waals surface area contributed by atoms with Crippen molar-refractivity contribution in [3.8, 4) is 0 Å². The number of carbonyl (C=O) groups excluding carboxylic acids is 3. The van der Waals surface area contributed by atoms with Gasteiger partial charge in [0.25, 0.3) is 5.91 Å². The van der Waals surface area contributed by atoms with E-state index in [0.717, 1.165) is 0 Å². The first-order chi connectivity index (χ1) is 13.2. The standard InChI is InChI=1S/C19H28ClN5O3/c1-12(2)9-16(25-17(27)13-5-3-6-14(20)10-13)18(28)24-15(11-26)7-4-8-23-19(21)22/h3,5-6,10-12,15-16H,4,7-9H2,1-2H3,(H,24,28)(H,25,27)(H4,21,22,23)/t15-,16-/m0/s1. The van der Waals surface area contributed by atoms with E-state index in [1.54, 1.807) is 18.2 Å². The van der Waals surface area contributed by atoms with Crippen LogP contribution in [0.5, 0.6) is 0 Å². The van der Waals surface area contributed by atoms with Crippen molar-refractivity contribution in [2.45, 2.75) is 45.2 Å². The van der Waals surface area contributed by atoms with Crippen LogP contribution >= 0.6 is 11.6 Å². The number of hydrogen-bond acceptors (Lipinski definition) is 4. The Balaban J connectivity index is 2.73. The average Bonchev–Trinajstić information content (AvgIpc) is 2.62. The molecular formula is C19H28ClN5O3. The Kier molecular flexibility index (Phi) is 10.0. The van der Waals surface area contributed by atoms with E-state index in [0.29, 0.717) is 42.7 Å². The van der Waals surface area contributed by atoms with Gasteiger partial charge in [0, 0.05) is 17.1 Å². The molecule has 0 unspecified atom stereocenters. The van der Waals surface area contributed by atoms with Crippen LogP contribution in [0.25, 0.3) is 0 Å². The second kappa shape index (κ2) is 12.0. The Bertz CT molecular complexity index is 705. The minimum atomic E-state index is -0.772. The summed E-state index contributed by atoms with van der Waals surface area (Å²) in [6, 6.07) is 5.01. The Hall–Kier alpha value is -2.61. The first kappa shape index (κ1) is 23.4. The quantitative estimate of drug-likeness (QED) is 0.188. The van der Waals surface area contributed by atoms with E-state index in [-0.39, 0.29) is 11.9 Å². The second-order valence-electron chi connectivity index (χ2n) is 6.87. The van der Waals surface area contributed by atoms with E-state index in [9.17, 15) is 14.4 Å². The largest absolute Gasteiger partial charge is 0.370 e. The summed E-state index contributed by atoms with van der Waals surface area (Å²) in [5, 5.41) is 5.82. The van der Waals surface area contributed by atoms with Crippen molar-refractivity contribution in [2.75, 3.05) is 6.54 Å². The number of benzene rings is 1. The van der Waals surface area contributed by atoms with Gasteiger partial charge in [-0.1, -0.05) is 31.5 Å². The molecule has 28 heavy (non-hydrogen) atoms. The van der Waals surface area contributed by atoms with Crippen LogP contribution in [-0.4, -0.2) is 42.7 Å². The van der Waals surface area contributed by atoms with Crippen molar-refractivity contribution in [1.82, 2.24) is 10.6 Å². The van der Waals surface area contributed by atoms with Gasteiger partial charge in [0.15, 0.2) is 5.96 Å². The minimum Gasteiger partial charge on any atom is -0.370 e. The highest BCUT2D eigenvalue weighted by Gasteiger charge is 2.24. The lowest BCUT2D eigenvalue weighted by Crippen LogP contribution is -2.50. The summed E-state index contributed by atoms with van der Waals surface area (Å²) < 4.78 is 0. The highest BCUT2D eigenvalue weighted by Crippen LogP contribution is 2.12. The van der Waals surface area contributed by atoms with Gasteiger partial charge in [-0.3, -0.25) is 14.6 Å². The normalized spacial score (nSPS) is 12.7. The van der Waals surface area contributed by atoms with Gasteiger partial charge in [-0.05, 0) is 43.4 Å². The number of nitrogens with one attached hydrogen (secondary N) is 2. The zero-order valence-corrected chi connectivity index (χ0v) is 16.9. The molecule has 0 heterocycles. The van der Waals surface area contributed by atoms with Gasteiger partial charge in [-0.25, -0.2) is 0 Å². The summed E-state index contributed by atoms with van der Waals surface area (Å²) in [6.07, 6.45) is 2.02. The highest BCUT2D eigenvalue weighted by atomic mass is 35.5. The zero-order chi connectivity index (χ0) is 21.1. The van der Waals surface area contributed by atoms with Crippen LogP contribution in [-0.2, 0) is 9.59 Å². The molecule has 0 saturated carbocycles. The summed E-state index contributed by atoms with van der Waals surface area (Å²) in [4.78, 5) is 40.2. The van der Waals surface area contributed by atoms with Gasteiger partial charge in [-0.15, -0.1) is 0 Å². The molecule has 2 atom stereocenters. The molecule has 0 radical (unpaired) electrons.